The van der Waals surface area contributed by atoms with Gasteiger partial charge >= 0.3 is 5.97 Å². The maximum atomic E-state index is 13.6. The molecule has 0 atom stereocenters. The molecule has 4 nitrogen and oxygen atoms in total. The van der Waals surface area contributed by atoms with Crippen LogP contribution in [0.2, 0.25) is 0 Å². The third kappa shape index (κ3) is 3.80. The number of Topliss-reactive ketones (excluding diaryl/α,β-unsaturated/α-hetero) is 1. The van der Waals surface area contributed by atoms with Gasteiger partial charge in [0.05, 0.1) is 16.3 Å². The van der Waals surface area contributed by atoms with Crippen LogP contribution in [0, 0.1) is 12.7 Å². The average Bonchev–Trinajstić information content (AvgIpc) is 3.02. The van der Waals surface area contributed by atoms with E-state index in [1.54, 1.807) is 13.0 Å². The van der Waals surface area contributed by atoms with Crippen LogP contribution in [0.3, 0.4) is 0 Å². The van der Waals surface area contributed by atoms with Gasteiger partial charge in [0.25, 0.3) is 0 Å². The van der Waals surface area contributed by atoms with Gasteiger partial charge in [-0.3, -0.25) is 4.79 Å². The van der Waals surface area contributed by atoms with Crippen molar-refractivity contribution in [1.82, 2.24) is 4.98 Å². The summed E-state index contributed by atoms with van der Waals surface area (Å²) < 4.78 is 18.7. The van der Waals surface area contributed by atoms with Crippen LogP contribution in [0.15, 0.2) is 54.6 Å². The fourth-order valence-electron chi connectivity index (χ4n) is 2.32. The SMILES string of the molecule is Cc1nc(-c2ccccc2)c(C(=O)OCC(=O)c2ccccc2F)s1. The minimum Gasteiger partial charge on any atom is -0.453 e. The molecule has 6 heteroatoms. The van der Waals surface area contributed by atoms with E-state index in [2.05, 4.69) is 4.98 Å². The third-order valence-electron chi connectivity index (χ3n) is 3.48. The number of hydrogen-bond acceptors (Lipinski definition) is 5. The van der Waals surface area contributed by atoms with E-state index in [4.69, 9.17) is 4.74 Å². The highest BCUT2D eigenvalue weighted by atomic mass is 32.1. The van der Waals surface area contributed by atoms with Gasteiger partial charge in [-0.15, -0.1) is 11.3 Å². The number of rotatable bonds is 5. The monoisotopic (exact) mass is 355 g/mol. The number of hydrogen-bond donors (Lipinski definition) is 0. The first kappa shape index (κ1) is 17.0. The van der Waals surface area contributed by atoms with E-state index in [0.29, 0.717) is 15.6 Å². The zero-order chi connectivity index (χ0) is 17.8. The van der Waals surface area contributed by atoms with Crippen molar-refractivity contribution in [3.8, 4) is 11.3 Å². The molecule has 0 amide bonds. The normalized spacial score (nSPS) is 10.5. The van der Waals surface area contributed by atoms with Crippen LogP contribution in [0.4, 0.5) is 4.39 Å². The standard InChI is InChI=1S/C19H14FNO3S/c1-12-21-17(13-7-3-2-4-8-13)18(25-12)19(23)24-11-16(22)14-9-5-6-10-15(14)20/h2-10H,11H2,1H3. The number of aryl methyl sites for hydroxylation is 1. The Balaban J connectivity index is 1.77. The molecule has 1 heterocycles. The highest BCUT2D eigenvalue weighted by molar-refractivity contribution is 7.14. The molecule has 0 aliphatic heterocycles. The largest absolute Gasteiger partial charge is 0.453 e. The predicted octanol–water partition coefficient (Wildman–Crippen LogP) is 4.30. The second kappa shape index (κ2) is 7.36. The number of aromatic nitrogens is 1. The molecule has 25 heavy (non-hydrogen) atoms. The molecule has 0 saturated carbocycles. The van der Waals surface area contributed by atoms with Gasteiger partial charge in [-0.2, -0.15) is 0 Å². The molecule has 0 aliphatic carbocycles. The first-order chi connectivity index (χ1) is 12.1. The number of benzene rings is 2. The summed E-state index contributed by atoms with van der Waals surface area (Å²) in [5.41, 5.74) is 1.21. The van der Waals surface area contributed by atoms with Gasteiger partial charge < -0.3 is 4.74 Å². The van der Waals surface area contributed by atoms with E-state index in [9.17, 15) is 14.0 Å². The molecule has 2 aromatic carbocycles. The summed E-state index contributed by atoms with van der Waals surface area (Å²) in [7, 11) is 0. The third-order valence-corrected chi connectivity index (χ3v) is 4.43. The van der Waals surface area contributed by atoms with Crippen LogP contribution >= 0.6 is 11.3 Å². The van der Waals surface area contributed by atoms with Crippen molar-refractivity contribution in [2.24, 2.45) is 0 Å². The number of halogens is 1. The number of ketones is 1. The molecule has 0 unspecified atom stereocenters. The Kier molecular flexibility index (Phi) is 5.00. The van der Waals surface area contributed by atoms with Gasteiger partial charge in [0.1, 0.15) is 10.7 Å². The van der Waals surface area contributed by atoms with E-state index in [1.165, 1.54) is 29.5 Å². The molecule has 0 bridgehead atoms. The molecule has 3 aromatic rings. The van der Waals surface area contributed by atoms with E-state index in [-0.39, 0.29) is 5.56 Å². The lowest BCUT2D eigenvalue weighted by molar-refractivity contribution is 0.0479. The Bertz CT molecular complexity index is 921. The second-order valence-corrected chi connectivity index (χ2v) is 6.46. The van der Waals surface area contributed by atoms with Gasteiger partial charge in [-0.05, 0) is 19.1 Å². The number of ether oxygens (including phenoxy) is 1. The van der Waals surface area contributed by atoms with Crippen LogP contribution in [0.25, 0.3) is 11.3 Å². The summed E-state index contributed by atoms with van der Waals surface area (Å²) in [5, 5.41) is 0.714. The van der Waals surface area contributed by atoms with E-state index in [1.807, 2.05) is 30.3 Å². The molecular weight excluding hydrogens is 341 g/mol. The summed E-state index contributed by atoms with van der Waals surface area (Å²) in [6, 6.07) is 14.8. The smallest absolute Gasteiger partial charge is 0.351 e. The highest BCUT2D eigenvalue weighted by Crippen LogP contribution is 2.28. The van der Waals surface area contributed by atoms with Crippen molar-refractivity contribution < 1.29 is 18.7 Å². The second-order valence-electron chi connectivity index (χ2n) is 5.26. The zero-order valence-electron chi connectivity index (χ0n) is 13.4. The molecule has 0 N–H and O–H groups in total. The lowest BCUT2D eigenvalue weighted by Gasteiger charge is -2.05. The summed E-state index contributed by atoms with van der Waals surface area (Å²) in [6.07, 6.45) is 0. The molecule has 0 fully saturated rings. The van der Waals surface area contributed by atoms with Crippen LogP contribution < -0.4 is 0 Å². The Morgan fingerprint density at radius 1 is 1.08 bits per heavy atom. The molecule has 126 valence electrons. The van der Waals surface area contributed by atoms with Gasteiger partial charge in [0.15, 0.2) is 6.61 Å². The van der Waals surface area contributed by atoms with E-state index in [0.717, 1.165) is 5.56 Å². The van der Waals surface area contributed by atoms with E-state index < -0.39 is 24.2 Å². The predicted molar refractivity (Wildman–Crippen MR) is 93.3 cm³/mol. The van der Waals surface area contributed by atoms with Crippen molar-refractivity contribution in [3.63, 3.8) is 0 Å². The van der Waals surface area contributed by atoms with Crippen LogP contribution in [0.1, 0.15) is 25.0 Å². The van der Waals surface area contributed by atoms with Gasteiger partial charge in [-0.1, -0.05) is 42.5 Å². The van der Waals surface area contributed by atoms with Crippen molar-refractivity contribution in [2.45, 2.75) is 6.92 Å². The Labute approximate surface area is 147 Å². The van der Waals surface area contributed by atoms with Crippen molar-refractivity contribution in [1.29, 1.82) is 0 Å². The van der Waals surface area contributed by atoms with Crippen molar-refractivity contribution in [3.05, 3.63) is 75.9 Å². The number of carbonyl (C=O) groups is 2. The van der Waals surface area contributed by atoms with Crippen LogP contribution in [-0.2, 0) is 4.74 Å². The van der Waals surface area contributed by atoms with Gasteiger partial charge in [0, 0.05) is 5.56 Å². The fourth-order valence-corrected chi connectivity index (χ4v) is 3.15. The summed E-state index contributed by atoms with van der Waals surface area (Å²) in [6.45, 7) is 1.27. The quantitative estimate of drug-likeness (QED) is 0.506. The van der Waals surface area contributed by atoms with Gasteiger partial charge in [-0.25, -0.2) is 14.2 Å². The zero-order valence-corrected chi connectivity index (χ0v) is 14.2. The molecule has 0 saturated heterocycles. The maximum absolute atomic E-state index is 13.6. The molecule has 0 spiro atoms. The topological polar surface area (TPSA) is 56.3 Å². The number of carbonyl (C=O) groups excluding carboxylic acids is 2. The van der Waals surface area contributed by atoms with E-state index >= 15 is 0 Å². The average molecular weight is 355 g/mol. The minimum absolute atomic E-state index is 0.0981. The van der Waals surface area contributed by atoms with Crippen molar-refractivity contribution in [2.75, 3.05) is 6.61 Å². The number of thiazole rings is 1. The number of esters is 1. The first-order valence-corrected chi connectivity index (χ1v) is 8.35. The molecule has 0 aliphatic rings. The van der Waals surface area contributed by atoms with Crippen LogP contribution in [0.5, 0.6) is 0 Å². The lowest BCUT2D eigenvalue weighted by Crippen LogP contribution is -2.15. The van der Waals surface area contributed by atoms with Crippen molar-refractivity contribution >= 4 is 23.1 Å². The lowest BCUT2D eigenvalue weighted by atomic mass is 10.1. The molecular formula is C19H14FNO3S. The van der Waals surface area contributed by atoms with Crippen LogP contribution in [-0.4, -0.2) is 23.3 Å². The summed E-state index contributed by atoms with van der Waals surface area (Å²) >= 11 is 1.20. The molecule has 0 radical (unpaired) electrons. The first-order valence-electron chi connectivity index (χ1n) is 7.54. The molecule has 1 aromatic heterocycles. The maximum Gasteiger partial charge on any atom is 0.351 e. The molecule has 3 rings (SSSR count). The summed E-state index contributed by atoms with van der Waals surface area (Å²) in [5.74, 6) is -1.87. The Morgan fingerprint density at radius 3 is 2.48 bits per heavy atom. The minimum atomic E-state index is -0.644. The Hall–Kier alpha value is -2.86. The Morgan fingerprint density at radius 2 is 1.76 bits per heavy atom. The highest BCUT2D eigenvalue weighted by Gasteiger charge is 2.21. The van der Waals surface area contributed by atoms with Gasteiger partial charge in [0.2, 0.25) is 5.78 Å². The number of nitrogens with zero attached hydrogens (tertiary/aromatic N) is 1. The summed E-state index contributed by atoms with van der Waals surface area (Å²) in [4.78, 5) is 29.1. The fraction of sp³-hybridized carbons (Fsp3) is 0.105.